The zero-order chi connectivity index (χ0) is 29.2. The maximum absolute atomic E-state index is 12.8. The molecule has 0 bridgehead atoms. The van der Waals surface area contributed by atoms with Gasteiger partial charge in [-0.2, -0.15) is 5.10 Å². The second-order valence-electron chi connectivity index (χ2n) is 8.63. The quantitative estimate of drug-likeness (QED) is 0.0921. The zero-order valence-corrected chi connectivity index (χ0v) is 26.0. The van der Waals surface area contributed by atoms with Crippen molar-refractivity contribution >= 4 is 57.9 Å². The SMILES string of the molecule is CCOc1cc(C(=O)N/N=C/c2cc(I)c(OCc3ccc(Cl)cc3Cl)c(OC)c2)ccc1OCc1ccccc1. The molecule has 0 unspecified atom stereocenters. The third-order valence-corrected chi connectivity index (χ3v) is 7.15. The molecule has 4 rings (SSSR count). The fourth-order valence-corrected chi connectivity index (χ4v) is 4.99. The van der Waals surface area contributed by atoms with Gasteiger partial charge in [-0.3, -0.25) is 4.79 Å². The lowest BCUT2D eigenvalue weighted by Crippen LogP contribution is -2.17. The number of hydrogen-bond acceptors (Lipinski definition) is 6. The second-order valence-corrected chi connectivity index (χ2v) is 10.6. The minimum atomic E-state index is -0.390. The van der Waals surface area contributed by atoms with Crippen molar-refractivity contribution < 1.29 is 23.7 Å². The average molecular weight is 705 g/mol. The molecule has 0 radical (unpaired) electrons. The first-order chi connectivity index (χ1) is 19.9. The highest BCUT2D eigenvalue weighted by molar-refractivity contribution is 14.1. The first kappa shape index (κ1) is 30.5. The van der Waals surface area contributed by atoms with Gasteiger partial charge in [0, 0.05) is 21.2 Å². The summed E-state index contributed by atoms with van der Waals surface area (Å²) in [5.74, 6) is 1.73. The molecular formula is C31H27Cl2IN2O5. The summed E-state index contributed by atoms with van der Waals surface area (Å²) in [4.78, 5) is 12.8. The van der Waals surface area contributed by atoms with E-state index in [0.29, 0.717) is 57.4 Å². The predicted molar refractivity (Wildman–Crippen MR) is 170 cm³/mol. The van der Waals surface area contributed by atoms with Gasteiger partial charge in [0.25, 0.3) is 5.91 Å². The lowest BCUT2D eigenvalue weighted by molar-refractivity contribution is 0.0954. The van der Waals surface area contributed by atoms with E-state index in [2.05, 4.69) is 33.1 Å². The summed E-state index contributed by atoms with van der Waals surface area (Å²) in [6, 6.07) is 23.7. The highest BCUT2D eigenvalue weighted by Crippen LogP contribution is 2.35. The van der Waals surface area contributed by atoms with E-state index in [1.54, 1.807) is 43.5 Å². The molecule has 4 aromatic carbocycles. The second kappa shape index (κ2) is 15.0. The van der Waals surface area contributed by atoms with Crippen molar-refractivity contribution in [3.05, 3.63) is 115 Å². The van der Waals surface area contributed by atoms with E-state index >= 15 is 0 Å². The van der Waals surface area contributed by atoms with Gasteiger partial charge < -0.3 is 18.9 Å². The molecule has 0 saturated carbocycles. The average Bonchev–Trinajstić information content (AvgIpc) is 2.97. The maximum Gasteiger partial charge on any atom is 0.271 e. The summed E-state index contributed by atoms with van der Waals surface area (Å²) in [6.07, 6.45) is 1.53. The van der Waals surface area contributed by atoms with E-state index in [-0.39, 0.29) is 6.61 Å². The number of halogens is 3. The Bertz CT molecular complexity index is 1530. The van der Waals surface area contributed by atoms with Gasteiger partial charge in [0.1, 0.15) is 13.2 Å². The van der Waals surface area contributed by atoms with Crippen LogP contribution in [0.15, 0.2) is 84.0 Å². The van der Waals surface area contributed by atoms with Gasteiger partial charge in [-0.05, 0) is 83.1 Å². The number of rotatable bonds is 12. The topological polar surface area (TPSA) is 78.4 Å². The van der Waals surface area contributed by atoms with E-state index in [1.165, 1.54) is 6.21 Å². The number of benzene rings is 4. The highest BCUT2D eigenvalue weighted by atomic mass is 127. The van der Waals surface area contributed by atoms with Crippen LogP contribution in [0.3, 0.4) is 0 Å². The Kier molecular flexibility index (Phi) is 11.1. The fourth-order valence-electron chi connectivity index (χ4n) is 3.75. The Balaban J connectivity index is 1.41. The molecule has 0 aromatic heterocycles. The number of nitrogens with zero attached hydrogens (tertiary/aromatic N) is 1. The van der Waals surface area contributed by atoms with Crippen molar-refractivity contribution in [3.63, 3.8) is 0 Å². The van der Waals surface area contributed by atoms with Gasteiger partial charge in [-0.1, -0.05) is 59.6 Å². The van der Waals surface area contributed by atoms with Gasteiger partial charge in [0.2, 0.25) is 0 Å². The molecule has 1 amide bonds. The number of hydrazone groups is 1. The van der Waals surface area contributed by atoms with Crippen molar-refractivity contribution in [1.82, 2.24) is 5.43 Å². The Morgan fingerprint density at radius 1 is 0.902 bits per heavy atom. The number of nitrogens with one attached hydrogen (secondary N) is 1. The minimum absolute atomic E-state index is 0.242. The Morgan fingerprint density at radius 2 is 1.71 bits per heavy atom. The van der Waals surface area contributed by atoms with E-state index in [0.717, 1.165) is 14.7 Å². The fraction of sp³-hybridized carbons (Fsp3) is 0.161. The van der Waals surface area contributed by atoms with Crippen molar-refractivity contribution in [3.8, 4) is 23.0 Å². The summed E-state index contributed by atoms with van der Waals surface area (Å²) in [5.41, 5.74) is 5.48. The lowest BCUT2D eigenvalue weighted by Gasteiger charge is -2.14. The monoisotopic (exact) mass is 704 g/mol. The van der Waals surface area contributed by atoms with E-state index in [9.17, 15) is 4.79 Å². The number of hydrogen-bond donors (Lipinski definition) is 1. The first-order valence-corrected chi connectivity index (χ1v) is 14.4. The number of carbonyl (C=O) groups excluding carboxylic acids is 1. The molecule has 10 heteroatoms. The van der Waals surface area contributed by atoms with Crippen LogP contribution in [0.5, 0.6) is 23.0 Å². The van der Waals surface area contributed by atoms with Crippen LogP contribution >= 0.6 is 45.8 Å². The van der Waals surface area contributed by atoms with E-state index < -0.39 is 5.91 Å². The van der Waals surface area contributed by atoms with Crippen LogP contribution in [-0.4, -0.2) is 25.8 Å². The largest absolute Gasteiger partial charge is 0.493 e. The van der Waals surface area contributed by atoms with E-state index in [4.69, 9.17) is 42.1 Å². The number of ether oxygens (including phenoxy) is 4. The van der Waals surface area contributed by atoms with Crippen molar-refractivity contribution in [1.29, 1.82) is 0 Å². The summed E-state index contributed by atoms with van der Waals surface area (Å²) in [6.45, 7) is 2.93. The normalized spacial score (nSPS) is 10.9. The summed E-state index contributed by atoms with van der Waals surface area (Å²) >= 11 is 14.4. The lowest BCUT2D eigenvalue weighted by atomic mass is 10.2. The Hall–Kier alpha value is -3.47. The van der Waals surface area contributed by atoms with Crippen LogP contribution in [0.25, 0.3) is 0 Å². The van der Waals surface area contributed by atoms with E-state index in [1.807, 2.05) is 49.4 Å². The van der Waals surface area contributed by atoms with Gasteiger partial charge in [-0.25, -0.2) is 5.43 Å². The number of carbonyl (C=O) groups is 1. The van der Waals surface area contributed by atoms with Crippen LogP contribution < -0.4 is 24.4 Å². The van der Waals surface area contributed by atoms with Gasteiger partial charge in [-0.15, -0.1) is 0 Å². The summed E-state index contributed by atoms with van der Waals surface area (Å²) in [5, 5.41) is 5.20. The molecule has 7 nitrogen and oxygen atoms in total. The molecule has 0 aliphatic rings. The van der Waals surface area contributed by atoms with Crippen LogP contribution in [-0.2, 0) is 13.2 Å². The molecule has 0 aliphatic carbocycles. The molecule has 0 saturated heterocycles. The molecule has 212 valence electrons. The molecule has 0 spiro atoms. The Labute approximate surface area is 262 Å². The molecule has 0 atom stereocenters. The van der Waals surface area contributed by atoms with Crippen molar-refractivity contribution in [2.24, 2.45) is 5.10 Å². The van der Waals surface area contributed by atoms with Gasteiger partial charge in [0.05, 0.1) is 23.5 Å². The smallest absolute Gasteiger partial charge is 0.271 e. The van der Waals surface area contributed by atoms with Gasteiger partial charge in [0.15, 0.2) is 23.0 Å². The summed E-state index contributed by atoms with van der Waals surface area (Å²) < 4.78 is 24.0. The Morgan fingerprint density at radius 3 is 2.44 bits per heavy atom. The third-order valence-electron chi connectivity index (χ3n) is 5.76. The maximum atomic E-state index is 12.8. The first-order valence-electron chi connectivity index (χ1n) is 12.6. The van der Waals surface area contributed by atoms with Crippen molar-refractivity contribution in [2.45, 2.75) is 20.1 Å². The molecule has 0 aliphatic heterocycles. The van der Waals surface area contributed by atoms with Crippen LogP contribution in [0.4, 0.5) is 0 Å². The zero-order valence-electron chi connectivity index (χ0n) is 22.3. The summed E-state index contributed by atoms with van der Waals surface area (Å²) in [7, 11) is 1.55. The molecule has 41 heavy (non-hydrogen) atoms. The highest BCUT2D eigenvalue weighted by Gasteiger charge is 2.14. The predicted octanol–water partition coefficient (Wildman–Crippen LogP) is 7.93. The van der Waals surface area contributed by atoms with Crippen LogP contribution in [0.1, 0.15) is 34.0 Å². The van der Waals surface area contributed by atoms with Crippen LogP contribution in [0, 0.1) is 3.57 Å². The van der Waals surface area contributed by atoms with Gasteiger partial charge >= 0.3 is 0 Å². The molecule has 0 heterocycles. The number of amides is 1. The molecule has 1 N–H and O–H groups in total. The third kappa shape index (κ3) is 8.51. The number of methoxy groups -OCH3 is 1. The van der Waals surface area contributed by atoms with Crippen LogP contribution in [0.2, 0.25) is 10.0 Å². The minimum Gasteiger partial charge on any atom is -0.493 e. The standard InChI is InChI=1S/C31H27Cl2IN2O5/c1-3-39-28-15-22(10-12-27(28)40-18-20-7-5-4-6-8-20)31(37)36-35-17-21-13-26(34)30(29(14-21)38-2)41-19-23-9-11-24(32)16-25(23)33/h4-17H,3,18-19H2,1-2H3,(H,36,37)/b35-17+. The van der Waals surface area contributed by atoms with Crippen molar-refractivity contribution in [2.75, 3.05) is 13.7 Å². The molecular weight excluding hydrogens is 678 g/mol. The molecule has 4 aromatic rings. The molecule has 0 fully saturated rings.